The number of amides is 1. The topological polar surface area (TPSA) is 76.1 Å². The second kappa shape index (κ2) is 7.44. The molecule has 0 saturated carbocycles. The molecule has 0 spiro atoms. The van der Waals surface area contributed by atoms with Crippen LogP contribution in [0.1, 0.15) is 49.1 Å². The van der Waals surface area contributed by atoms with E-state index in [1.165, 1.54) is 11.8 Å². The Kier molecular flexibility index (Phi) is 5.29. The zero-order chi connectivity index (χ0) is 20.1. The average molecular weight is 442 g/mol. The number of fused-ring (bicyclic) bond motifs is 1. The number of ether oxygens (including phenoxy) is 1. The Hall–Kier alpha value is -1.41. The van der Waals surface area contributed by atoms with E-state index < -0.39 is 0 Å². The Balaban J connectivity index is 1.82. The predicted octanol–water partition coefficient (Wildman–Crippen LogP) is 4.39. The summed E-state index contributed by atoms with van der Waals surface area (Å²) in [5.41, 5.74) is 0.776. The highest BCUT2D eigenvalue weighted by Gasteiger charge is 2.36. The highest BCUT2D eigenvalue weighted by Crippen LogP contribution is 2.44. The third-order valence-corrected chi connectivity index (χ3v) is 6.96. The molecule has 1 aromatic heterocycles. The molecule has 2 aliphatic heterocycles. The van der Waals surface area contributed by atoms with Gasteiger partial charge in [-0.25, -0.2) is 0 Å². The van der Waals surface area contributed by atoms with Gasteiger partial charge in [-0.3, -0.25) is 19.4 Å². The minimum absolute atomic E-state index is 0.0324. The molecule has 1 amide bonds. The standard InChI is InChI=1S/C19H21Cl2N3O3S/c1-19(2)8-11(5-6-27-19)24-17-15(18(26)23-24)16(28-9-14(25)22-17)12-4-3-10(20)7-13(12)21/h3-4,7,11,16H,5-6,8-9H2,1-2H3,(H,22,25)(H,23,26)/t11-,16-/m0/s1. The highest BCUT2D eigenvalue weighted by molar-refractivity contribution is 8.00. The number of hydrogen-bond acceptors (Lipinski definition) is 4. The molecule has 0 unspecified atom stereocenters. The summed E-state index contributed by atoms with van der Waals surface area (Å²) in [4.78, 5) is 25.4. The minimum Gasteiger partial charge on any atom is -0.375 e. The van der Waals surface area contributed by atoms with Crippen LogP contribution in [0, 0.1) is 0 Å². The third kappa shape index (κ3) is 3.73. The Bertz CT molecular complexity index is 985. The maximum atomic E-state index is 13.0. The van der Waals surface area contributed by atoms with Gasteiger partial charge in [-0.1, -0.05) is 29.3 Å². The molecule has 150 valence electrons. The molecule has 2 aliphatic rings. The second-order valence-electron chi connectivity index (χ2n) is 7.73. The SMILES string of the molecule is CC1(C)C[C@@H](n2[nH]c(=O)c3c2NC(=O)CS[C@H]3c2ccc(Cl)cc2Cl)CCO1. The van der Waals surface area contributed by atoms with Crippen LogP contribution in [0.3, 0.4) is 0 Å². The summed E-state index contributed by atoms with van der Waals surface area (Å²) < 4.78 is 7.61. The van der Waals surface area contributed by atoms with Gasteiger partial charge in [0.25, 0.3) is 5.56 Å². The van der Waals surface area contributed by atoms with Crippen molar-refractivity contribution >= 4 is 46.7 Å². The summed E-state index contributed by atoms with van der Waals surface area (Å²) in [6.45, 7) is 4.66. The molecule has 2 aromatic rings. The van der Waals surface area contributed by atoms with Crippen molar-refractivity contribution in [3.05, 3.63) is 49.7 Å². The molecule has 1 saturated heterocycles. The normalized spacial score (nSPS) is 24.4. The Labute approximate surface area is 176 Å². The van der Waals surface area contributed by atoms with Crippen molar-refractivity contribution < 1.29 is 9.53 Å². The molecule has 9 heteroatoms. The van der Waals surface area contributed by atoms with Gasteiger partial charge in [0.1, 0.15) is 5.82 Å². The first-order valence-electron chi connectivity index (χ1n) is 9.10. The smallest absolute Gasteiger partial charge is 0.270 e. The summed E-state index contributed by atoms with van der Waals surface area (Å²) in [6.07, 6.45) is 1.50. The van der Waals surface area contributed by atoms with E-state index in [-0.39, 0.29) is 34.1 Å². The maximum Gasteiger partial charge on any atom is 0.270 e. The number of carbonyl (C=O) groups is 1. The zero-order valence-electron chi connectivity index (χ0n) is 15.6. The number of aromatic nitrogens is 2. The van der Waals surface area contributed by atoms with E-state index in [1.54, 1.807) is 12.1 Å². The molecular formula is C19H21Cl2N3O3S. The van der Waals surface area contributed by atoms with Crippen molar-refractivity contribution in [2.75, 3.05) is 17.7 Å². The number of hydrogen-bond donors (Lipinski definition) is 2. The molecule has 0 radical (unpaired) electrons. The van der Waals surface area contributed by atoms with Crippen LogP contribution in [0.5, 0.6) is 0 Å². The number of anilines is 1. The lowest BCUT2D eigenvalue weighted by Gasteiger charge is -2.36. The van der Waals surface area contributed by atoms with Crippen molar-refractivity contribution in [1.82, 2.24) is 9.78 Å². The molecule has 28 heavy (non-hydrogen) atoms. The summed E-state index contributed by atoms with van der Waals surface area (Å²) >= 11 is 13.8. The fourth-order valence-corrected chi connectivity index (χ4v) is 5.64. The molecule has 6 nitrogen and oxygen atoms in total. The number of benzene rings is 1. The fraction of sp³-hybridized carbons (Fsp3) is 0.474. The lowest BCUT2D eigenvalue weighted by atomic mass is 9.94. The average Bonchev–Trinajstić information content (AvgIpc) is 2.81. The quantitative estimate of drug-likeness (QED) is 0.724. The third-order valence-electron chi connectivity index (χ3n) is 5.14. The van der Waals surface area contributed by atoms with Gasteiger partial charge >= 0.3 is 0 Å². The van der Waals surface area contributed by atoms with Crippen molar-refractivity contribution in [2.45, 2.75) is 43.6 Å². The fourth-order valence-electron chi connectivity index (χ4n) is 3.90. The number of H-pyrrole nitrogens is 1. The van der Waals surface area contributed by atoms with Crippen LogP contribution in [0.2, 0.25) is 10.0 Å². The summed E-state index contributed by atoms with van der Waals surface area (Å²) in [7, 11) is 0. The number of aromatic amines is 1. The van der Waals surface area contributed by atoms with E-state index in [0.717, 1.165) is 18.4 Å². The monoisotopic (exact) mass is 441 g/mol. The maximum absolute atomic E-state index is 13.0. The van der Waals surface area contributed by atoms with Gasteiger partial charge in [-0.2, -0.15) is 0 Å². The largest absolute Gasteiger partial charge is 0.375 e. The first kappa shape index (κ1) is 19.9. The minimum atomic E-state index is -0.364. The highest BCUT2D eigenvalue weighted by atomic mass is 35.5. The van der Waals surface area contributed by atoms with Gasteiger partial charge in [0.15, 0.2) is 0 Å². The number of halogens is 2. The van der Waals surface area contributed by atoms with Crippen LogP contribution in [0.25, 0.3) is 0 Å². The molecule has 1 aromatic carbocycles. The number of thioether (sulfide) groups is 1. The molecule has 3 heterocycles. The van der Waals surface area contributed by atoms with Crippen LogP contribution in [-0.4, -0.2) is 33.6 Å². The van der Waals surface area contributed by atoms with Crippen molar-refractivity contribution in [3.8, 4) is 0 Å². The van der Waals surface area contributed by atoms with E-state index in [9.17, 15) is 9.59 Å². The van der Waals surface area contributed by atoms with Crippen LogP contribution >= 0.6 is 35.0 Å². The Morgan fingerprint density at radius 2 is 2.07 bits per heavy atom. The number of nitrogens with one attached hydrogen (secondary N) is 2. The van der Waals surface area contributed by atoms with Gasteiger partial charge in [-0.15, -0.1) is 11.8 Å². The molecule has 2 N–H and O–H groups in total. The van der Waals surface area contributed by atoms with Gasteiger partial charge < -0.3 is 10.1 Å². The van der Waals surface area contributed by atoms with Gasteiger partial charge in [0.05, 0.1) is 28.2 Å². The second-order valence-corrected chi connectivity index (χ2v) is 9.67. The molecular weight excluding hydrogens is 421 g/mol. The van der Waals surface area contributed by atoms with E-state index >= 15 is 0 Å². The van der Waals surface area contributed by atoms with Gasteiger partial charge in [0, 0.05) is 16.7 Å². The molecule has 2 atom stereocenters. The summed E-state index contributed by atoms with van der Waals surface area (Å²) in [5, 5.41) is 6.52. The van der Waals surface area contributed by atoms with Crippen LogP contribution in [0.15, 0.2) is 23.0 Å². The molecule has 0 bridgehead atoms. The number of nitrogens with zero attached hydrogens (tertiary/aromatic N) is 1. The molecule has 4 rings (SSSR count). The first-order valence-corrected chi connectivity index (χ1v) is 10.9. The zero-order valence-corrected chi connectivity index (χ0v) is 17.9. The van der Waals surface area contributed by atoms with E-state index in [4.69, 9.17) is 27.9 Å². The van der Waals surface area contributed by atoms with E-state index in [2.05, 4.69) is 10.4 Å². The van der Waals surface area contributed by atoms with Crippen molar-refractivity contribution in [3.63, 3.8) is 0 Å². The van der Waals surface area contributed by atoms with Crippen LogP contribution in [-0.2, 0) is 9.53 Å². The first-order chi connectivity index (χ1) is 13.2. The summed E-state index contributed by atoms with van der Waals surface area (Å²) in [5.74, 6) is 0.619. The lowest BCUT2D eigenvalue weighted by Crippen LogP contribution is -2.36. The summed E-state index contributed by atoms with van der Waals surface area (Å²) in [6, 6.07) is 5.25. The van der Waals surface area contributed by atoms with E-state index in [1.807, 2.05) is 24.6 Å². The Morgan fingerprint density at radius 1 is 1.29 bits per heavy atom. The predicted molar refractivity (Wildman–Crippen MR) is 113 cm³/mol. The molecule has 1 fully saturated rings. The van der Waals surface area contributed by atoms with Gasteiger partial charge in [-0.05, 0) is 44.4 Å². The van der Waals surface area contributed by atoms with E-state index in [0.29, 0.717) is 28.0 Å². The van der Waals surface area contributed by atoms with Crippen molar-refractivity contribution in [2.24, 2.45) is 0 Å². The van der Waals surface area contributed by atoms with Crippen molar-refractivity contribution in [1.29, 1.82) is 0 Å². The number of carbonyl (C=O) groups excluding carboxylic acids is 1. The van der Waals surface area contributed by atoms with Crippen LogP contribution in [0.4, 0.5) is 5.82 Å². The Morgan fingerprint density at radius 3 is 2.79 bits per heavy atom. The molecule has 0 aliphatic carbocycles. The van der Waals surface area contributed by atoms with Gasteiger partial charge in [0.2, 0.25) is 5.91 Å². The van der Waals surface area contributed by atoms with Crippen LogP contribution < -0.4 is 10.9 Å². The lowest BCUT2D eigenvalue weighted by molar-refractivity contribution is -0.113. The number of rotatable bonds is 2.